The first kappa shape index (κ1) is 15.9. The Morgan fingerprint density at radius 3 is 2.76 bits per heavy atom. The molecule has 1 N–H and O–H groups in total. The van der Waals surface area contributed by atoms with Crippen LogP contribution in [0.25, 0.3) is 11.4 Å². The number of nitrogens with zero attached hydrogens (tertiary/aromatic N) is 3. The lowest BCUT2D eigenvalue weighted by atomic mass is 10.2. The summed E-state index contributed by atoms with van der Waals surface area (Å²) >= 11 is 9.06. The molecule has 0 fully saturated rings. The van der Waals surface area contributed by atoms with E-state index in [-0.39, 0.29) is 22.4 Å². The van der Waals surface area contributed by atoms with E-state index in [2.05, 4.69) is 36.2 Å². The smallest absolute Gasteiger partial charge is 0.321 e. The Kier molecular flexibility index (Phi) is 5.30. The van der Waals surface area contributed by atoms with E-state index in [1.54, 1.807) is 19.2 Å². The molecular weight excluding hydrogens is 363 g/mol. The first-order chi connectivity index (χ1) is 10.1. The van der Waals surface area contributed by atoms with Gasteiger partial charge in [0.2, 0.25) is 5.95 Å². The molecule has 0 aliphatic carbocycles. The maximum atomic E-state index is 14.2. The van der Waals surface area contributed by atoms with Crippen molar-refractivity contribution in [1.29, 1.82) is 0 Å². The van der Waals surface area contributed by atoms with Crippen molar-refractivity contribution >= 4 is 33.5 Å². The van der Waals surface area contributed by atoms with E-state index in [9.17, 15) is 4.39 Å². The Morgan fingerprint density at radius 2 is 2.10 bits per heavy atom. The number of hydrogen-bond acceptors (Lipinski definition) is 5. The molecule has 0 amide bonds. The largest absolute Gasteiger partial charge is 0.463 e. The third-order valence-corrected chi connectivity index (χ3v) is 3.81. The Balaban J connectivity index is 2.50. The van der Waals surface area contributed by atoms with Gasteiger partial charge in [0.1, 0.15) is 0 Å². The number of rotatable bonds is 5. The summed E-state index contributed by atoms with van der Waals surface area (Å²) in [5.41, 5.74) is 0.184. The molecule has 5 nitrogen and oxygen atoms in total. The van der Waals surface area contributed by atoms with Crippen LogP contribution in [0.3, 0.4) is 0 Å². The van der Waals surface area contributed by atoms with Crippen LogP contribution in [0.4, 0.5) is 10.3 Å². The fourth-order valence-electron chi connectivity index (χ4n) is 1.55. The lowest BCUT2D eigenvalue weighted by molar-refractivity contribution is 0.292. The number of benzene rings is 1. The predicted octanol–water partition coefficient (Wildman–Crippen LogP) is 3.92. The van der Waals surface area contributed by atoms with Crippen LogP contribution < -0.4 is 10.1 Å². The minimum Gasteiger partial charge on any atom is -0.463 e. The minimum absolute atomic E-state index is 0.0186. The molecule has 0 aliphatic rings. The summed E-state index contributed by atoms with van der Waals surface area (Å²) in [5.74, 6) is -0.141. The van der Waals surface area contributed by atoms with E-state index in [1.165, 1.54) is 0 Å². The van der Waals surface area contributed by atoms with E-state index >= 15 is 0 Å². The highest BCUT2D eigenvalue weighted by atomic mass is 79.9. The molecule has 0 spiro atoms. The van der Waals surface area contributed by atoms with E-state index in [1.807, 2.05) is 6.92 Å². The Hall–Kier alpha value is -1.47. The molecular formula is C13H13BrClFN4O. The summed E-state index contributed by atoms with van der Waals surface area (Å²) in [6.07, 6.45) is 0.814. The zero-order valence-corrected chi connectivity index (χ0v) is 13.8. The number of hydrogen-bond donors (Lipinski definition) is 1. The minimum atomic E-state index is -0.597. The van der Waals surface area contributed by atoms with E-state index < -0.39 is 5.82 Å². The molecule has 112 valence electrons. The summed E-state index contributed by atoms with van der Waals surface area (Å²) in [4.78, 5) is 12.3. The highest BCUT2D eigenvalue weighted by molar-refractivity contribution is 9.10. The topological polar surface area (TPSA) is 59.9 Å². The first-order valence-corrected chi connectivity index (χ1v) is 7.44. The molecule has 0 bridgehead atoms. The second-order valence-electron chi connectivity index (χ2n) is 4.09. The van der Waals surface area contributed by atoms with Crippen LogP contribution in [-0.4, -0.2) is 28.6 Å². The molecule has 21 heavy (non-hydrogen) atoms. The highest BCUT2D eigenvalue weighted by Gasteiger charge is 2.16. The molecule has 2 aromatic rings. The summed E-state index contributed by atoms with van der Waals surface area (Å²) < 4.78 is 20.1. The van der Waals surface area contributed by atoms with Crippen LogP contribution in [0.2, 0.25) is 5.02 Å². The van der Waals surface area contributed by atoms with Crippen LogP contribution in [0, 0.1) is 5.82 Å². The Morgan fingerprint density at radius 1 is 1.33 bits per heavy atom. The normalized spacial score (nSPS) is 10.5. The molecule has 0 saturated carbocycles. The van der Waals surface area contributed by atoms with Crippen molar-refractivity contribution in [2.24, 2.45) is 0 Å². The molecule has 0 aliphatic heterocycles. The average Bonchev–Trinajstić information content (AvgIpc) is 2.50. The van der Waals surface area contributed by atoms with Crippen LogP contribution in [0.1, 0.15) is 13.3 Å². The Labute approximate surface area is 135 Å². The molecule has 0 saturated heterocycles. The number of anilines is 1. The van der Waals surface area contributed by atoms with Crippen LogP contribution in [0.5, 0.6) is 6.01 Å². The van der Waals surface area contributed by atoms with Crippen LogP contribution >= 0.6 is 27.5 Å². The maximum absolute atomic E-state index is 14.2. The maximum Gasteiger partial charge on any atom is 0.321 e. The van der Waals surface area contributed by atoms with Crippen molar-refractivity contribution in [2.75, 3.05) is 19.0 Å². The van der Waals surface area contributed by atoms with Gasteiger partial charge in [-0.1, -0.05) is 18.5 Å². The number of ether oxygens (including phenoxy) is 1. The van der Waals surface area contributed by atoms with Crippen molar-refractivity contribution < 1.29 is 9.13 Å². The number of aromatic nitrogens is 3. The number of nitrogens with one attached hydrogen (secondary N) is 1. The van der Waals surface area contributed by atoms with Gasteiger partial charge >= 0.3 is 6.01 Å². The van der Waals surface area contributed by atoms with Gasteiger partial charge in [-0.15, -0.1) is 0 Å². The molecule has 1 aromatic heterocycles. The van der Waals surface area contributed by atoms with E-state index in [4.69, 9.17) is 16.3 Å². The molecule has 8 heteroatoms. The molecule has 0 atom stereocenters. The van der Waals surface area contributed by atoms with Crippen molar-refractivity contribution in [3.63, 3.8) is 0 Å². The zero-order chi connectivity index (χ0) is 15.4. The monoisotopic (exact) mass is 374 g/mol. The zero-order valence-electron chi connectivity index (χ0n) is 11.5. The van der Waals surface area contributed by atoms with Gasteiger partial charge in [0.05, 0.1) is 17.2 Å². The van der Waals surface area contributed by atoms with Gasteiger partial charge in [-0.2, -0.15) is 15.0 Å². The SMILES string of the molecule is CCCOc1nc(NC)nc(-c2ccc(Br)c(Cl)c2F)n1. The number of halogens is 3. The fourth-order valence-corrected chi connectivity index (χ4v) is 2.02. The lowest BCUT2D eigenvalue weighted by Crippen LogP contribution is -2.06. The summed E-state index contributed by atoms with van der Waals surface area (Å²) in [6, 6.07) is 3.32. The summed E-state index contributed by atoms with van der Waals surface area (Å²) in [7, 11) is 1.66. The fraction of sp³-hybridized carbons (Fsp3) is 0.308. The van der Waals surface area contributed by atoms with Gasteiger partial charge in [0, 0.05) is 11.5 Å². The first-order valence-electron chi connectivity index (χ1n) is 6.27. The van der Waals surface area contributed by atoms with Gasteiger partial charge < -0.3 is 10.1 Å². The van der Waals surface area contributed by atoms with Crippen molar-refractivity contribution in [2.45, 2.75) is 13.3 Å². The van der Waals surface area contributed by atoms with Crippen molar-refractivity contribution in [3.05, 3.63) is 27.4 Å². The average molecular weight is 376 g/mol. The Bertz CT molecular complexity index is 656. The van der Waals surface area contributed by atoms with Gasteiger partial charge in [-0.25, -0.2) is 4.39 Å². The standard InChI is InChI=1S/C13H13BrClFN4O/c1-3-6-21-13-19-11(18-12(17-2)20-13)7-4-5-8(14)9(15)10(7)16/h4-5H,3,6H2,1-2H3,(H,17,18,19,20). The van der Waals surface area contributed by atoms with Gasteiger partial charge in [0.25, 0.3) is 0 Å². The van der Waals surface area contributed by atoms with Crippen molar-refractivity contribution in [3.8, 4) is 17.4 Å². The molecule has 2 rings (SSSR count). The van der Waals surface area contributed by atoms with Crippen LogP contribution in [0.15, 0.2) is 16.6 Å². The lowest BCUT2D eigenvalue weighted by Gasteiger charge is -2.09. The summed E-state index contributed by atoms with van der Waals surface area (Å²) in [6.45, 7) is 2.44. The quantitative estimate of drug-likeness (QED) is 0.803. The van der Waals surface area contributed by atoms with Gasteiger partial charge in [-0.05, 0) is 34.5 Å². The second kappa shape index (κ2) is 7.00. The predicted molar refractivity (Wildman–Crippen MR) is 83.3 cm³/mol. The third-order valence-electron chi connectivity index (χ3n) is 2.55. The van der Waals surface area contributed by atoms with Gasteiger partial charge in [0.15, 0.2) is 11.6 Å². The van der Waals surface area contributed by atoms with Crippen molar-refractivity contribution in [1.82, 2.24) is 15.0 Å². The molecule has 1 aromatic carbocycles. The van der Waals surface area contributed by atoms with Gasteiger partial charge in [-0.3, -0.25) is 0 Å². The molecule has 1 heterocycles. The van der Waals surface area contributed by atoms with E-state index in [0.29, 0.717) is 17.0 Å². The van der Waals surface area contributed by atoms with E-state index in [0.717, 1.165) is 6.42 Å². The molecule has 0 unspecified atom stereocenters. The highest BCUT2D eigenvalue weighted by Crippen LogP contribution is 2.32. The summed E-state index contributed by atoms with van der Waals surface area (Å²) in [5, 5.41) is 2.77. The van der Waals surface area contributed by atoms with Crippen LogP contribution in [-0.2, 0) is 0 Å². The third kappa shape index (κ3) is 3.59. The molecule has 0 radical (unpaired) electrons. The second-order valence-corrected chi connectivity index (χ2v) is 5.32.